The zero-order chi connectivity index (χ0) is 18.5. The Bertz CT molecular complexity index is 796. The number of hydrogen-bond acceptors (Lipinski definition) is 2. The van der Waals surface area contributed by atoms with Crippen LogP contribution < -0.4 is 0 Å². The van der Waals surface area contributed by atoms with Crippen LogP contribution in [0.5, 0.6) is 0 Å². The molecule has 0 aromatic heterocycles. The SMILES string of the molecule is O=C(Cc1ccccc1)N1CCCN(C(=O)c2ccc(F)c(F)c2)CC1. The molecule has 1 aliphatic rings. The van der Waals surface area contributed by atoms with Gasteiger partial charge in [0.05, 0.1) is 6.42 Å². The maximum Gasteiger partial charge on any atom is 0.254 e. The summed E-state index contributed by atoms with van der Waals surface area (Å²) in [5, 5.41) is 0. The molecule has 136 valence electrons. The lowest BCUT2D eigenvalue weighted by atomic mass is 10.1. The van der Waals surface area contributed by atoms with Crippen molar-refractivity contribution in [3.8, 4) is 0 Å². The molecule has 1 heterocycles. The Morgan fingerprint density at radius 3 is 2.27 bits per heavy atom. The van der Waals surface area contributed by atoms with Crippen LogP contribution in [0.25, 0.3) is 0 Å². The largest absolute Gasteiger partial charge is 0.341 e. The van der Waals surface area contributed by atoms with E-state index in [1.165, 1.54) is 6.07 Å². The van der Waals surface area contributed by atoms with E-state index >= 15 is 0 Å². The molecule has 0 aliphatic carbocycles. The predicted octanol–water partition coefficient (Wildman–Crippen LogP) is 2.88. The Hall–Kier alpha value is -2.76. The molecule has 6 heteroatoms. The van der Waals surface area contributed by atoms with Crippen LogP contribution in [0.2, 0.25) is 0 Å². The Balaban J connectivity index is 1.61. The summed E-state index contributed by atoms with van der Waals surface area (Å²) < 4.78 is 26.4. The van der Waals surface area contributed by atoms with E-state index in [1.807, 2.05) is 30.3 Å². The van der Waals surface area contributed by atoms with E-state index in [1.54, 1.807) is 9.80 Å². The summed E-state index contributed by atoms with van der Waals surface area (Å²) in [7, 11) is 0. The van der Waals surface area contributed by atoms with E-state index in [2.05, 4.69) is 0 Å². The molecule has 1 saturated heterocycles. The first-order valence-corrected chi connectivity index (χ1v) is 8.60. The van der Waals surface area contributed by atoms with Crippen molar-refractivity contribution in [2.75, 3.05) is 26.2 Å². The summed E-state index contributed by atoms with van der Waals surface area (Å²) in [6.45, 7) is 1.86. The smallest absolute Gasteiger partial charge is 0.254 e. The first kappa shape index (κ1) is 18.0. The summed E-state index contributed by atoms with van der Waals surface area (Å²) in [5.74, 6) is -2.33. The molecule has 3 rings (SSSR count). The second kappa shape index (κ2) is 8.08. The van der Waals surface area contributed by atoms with Crippen LogP contribution in [0.3, 0.4) is 0 Å². The maximum absolute atomic E-state index is 13.4. The summed E-state index contributed by atoms with van der Waals surface area (Å²) in [6.07, 6.45) is 0.980. The van der Waals surface area contributed by atoms with Crippen molar-refractivity contribution in [1.29, 1.82) is 0 Å². The molecule has 1 fully saturated rings. The Labute approximate surface area is 151 Å². The van der Waals surface area contributed by atoms with Gasteiger partial charge in [-0.3, -0.25) is 9.59 Å². The lowest BCUT2D eigenvalue weighted by Gasteiger charge is -2.22. The van der Waals surface area contributed by atoms with Crippen LogP contribution in [-0.2, 0) is 11.2 Å². The van der Waals surface area contributed by atoms with Crippen molar-refractivity contribution in [2.45, 2.75) is 12.8 Å². The number of hydrogen-bond donors (Lipinski definition) is 0. The Morgan fingerprint density at radius 2 is 1.54 bits per heavy atom. The van der Waals surface area contributed by atoms with Crippen LogP contribution >= 0.6 is 0 Å². The predicted molar refractivity (Wildman–Crippen MR) is 93.6 cm³/mol. The molecule has 0 N–H and O–H groups in total. The van der Waals surface area contributed by atoms with Crippen molar-refractivity contribution >= 4 is 11.8 Å². The van der Waals surface area contributed by atoms with Gasteiger partial charge in [-0.15, -0.1) is 0 Å². The average Bonchev–Trinajstić information content (AvgIpc) is 2.90. The molecular weight excluding hydrogens is 338 g/mol. The van der Waals surface area contributed by atoms with E-state index in [4.69, 9.17) is 0 Å². The molecule has 1 aliphatic heterocycles. The zero-order valence-corrected chi connectivity index (χ0v) is 14.3. The summed E-state index contributed by atoms with van der Waals surface area (Å²) in [5.41, 5.74) is 1.07. The number of amides is 2. The van der Waals surface area contributed by atoms with Crippen LogP contribution in [0, 0.1) is 11.6 Å². The molecule has 2 aromatic rings. The van der Waals surface area contributed by atoms with Crippen LogP contribution in [-0.4, -0.2) is 47.8 Å². The average molecular weight is 358 g/mol. The third-order valence-electron chi connectivity index (χ3n) is 4.50. The number of halogens is 2. The highest BCUT2D eigenvalue weighted by molar-refractivity contribution is 5.94. The molecule has 0 saturated carbocycles. The Kier molecular flexibility index (Phi) is 5.61. The lowest BCUT2D eigenvalue weighted by molar-refractivity contribution is -0.130. The highest BCUT2D eigenvalue weighted by Gasteiger charge is 2.23. The fourth-order valence-electron chi connectivity index (χ4n) is 3.06. The van der Waals surface area contributed by atoms with Gasteiger partial charge < -0.3 is 9.80 Å². The van der Waals surface area contributed by atoms with Gasteiger partial charge in [0.15, 0.2) is 11.6 Å². The fourth-order valence-corrected chi connectivity index (χ4v) is 3.06. The monoisotopic (exact) mass is 358 g/mol. The molecule has 2 aromatic carbocycles. The van der Waals surface area contributed by atoms with Gasteiger partial charge >= 0.3 is 0 Å². The molecular formula is C20H20F2N2O2. The van der Waals surface area contributed by atoms with Crippen molar-refractivity contribution < 1.29 is 18.4 Å². The van der Waals surface area contributed by atoms with E-state index in [9.17, 15) is 18.4 Å². The number of rotatable bonds is 3. The van der Waals surface area contributed by atoms with E-state index in [0.717, 1.165) is 17.7 Å². The van der Waals surface area contributed by atoms with Gasteiger partial charge in [0.1, 0.15) is 0 Å². The van der Waals surface area contributed by atoms with Gasteiger partial charge in [-0.05, 0) is 30.2 Å². The second-order valence-electron chi connectivity index (χ2n) is 6.32. The third-order valence-corrected chi connectivity index (χ3v) is 4.50. The first-order chi connectivity index (χ1) is 12.5. The van der Waals surface area contributed by atoms with E-state index < -0.39 is 11.6 Å². The third kappa shape index (κ3) is 4.25. The van der Waals surface area contributed by atoms with Crippen LogP contribution in [0.1, 0.15) is 22.3 Å². The van der Waals surface area contributed by atoms with Gasteiger partial charge in [-0.25, -0.2) is 8.78 Å². The van der Waals surface area contributed by atoms with Gasteiger partial charge in [-0.2, -0.15) is 0 Å². The minimum absolute atomic E-state index is 0.0262. The molecule has 2 amide bonds. The van der Waals surface area contributed by atoms with Gasteiger partial charge in [0, 0.05) is 31.7 Å². The van der Waals surface area contributed by atoms with Crippen LogP contribution in [0.15, 0.2) is 48.5 Å². The van der Waals surface area contributed by atoms with E-state index in [-0.39, 0.29) is 17.4 Å². The normalized spacial score (nSPS) is 14.8. The zero-order valence-electron chi connectivity index (χ0n) is 14.3. The topological polar surface area (TPSA) is 40.6 Å². The molecule has 26 heavy (non-hydrogen) atoms. The molecule has 0 radical (unpaired) electrons. The maximum atomic E-state index is 13.4. The van der Waals surface area contributed by atoms with Crippen LogP contribution in [0.4, 0.5) is 8.78 Å². The second-order valence-corrected chi connectivity index (χ2v) is 6.32. The minimum atomic E-state index is -1.04. The van der Waals surface area contributed by atoms with Crippen molar-refractivity contribution in [2.24, 2.45) is 0 Å². The van der Waals surface area contributed by atoms with Gasteiger partial charge in [0.25, 0.3) is 5.91 Å². The van der Waals surface area contributed by atoms with Gasteiger partial charge in [-0.1, -0.05) is 30.3 Å². The fraction of sp³-hybridized carbons (Fsp3) is 0.300. The van der Waals surface area contributed by atoms with Crippen molar-refractivity contribution in [1.82, 2.24) is 9.80 Å². The van der Waals surface area contributed by atoms with E-state index in [0.29, 0.717) is 39.0 Å². The first-order valence-electron chi connectivity index (χ1n) is 8.60. The highest BCUT2D eigenvalue weighted by atomic mass is 19.2. The standard InChI is InChI=1S/C20H20F2N2O2/c21-17-8-7-16(14-18(17)22)20(26)24-10-4-9-23(11-12-24)19(25)13-15-5-2-1-3-6-15/h1-3,5-8,14H,4,9-13H2. The Morgan fingerprint density at radius 1 is 0.846 bits per heavy atom. The highest BCUT2D eigenvalue weighted by Crippen LogP contribution is 2.14. The number of nitrogens with zero attached hydrogens (tertiary/aromatic N) is 2. The quantitative estimate of drug-likeness (QED) is 0.847. The molecule has 0 atom stereocenters. The molecule has 4 nitrogen and oxygen atoms in total. The summed E-state index contributed by atoms with van der Waals surface area (Å²) >= 11 is 0. The van der Waals surface area contributed by atoms with Gasteiger partial charge in [0.2, 0.25) is 5.91 Å². The molecule has 0 unspecified atom stereocenters. The number of carbonyl (C=O) groups is 2. The number of benzene rings is 2. The summed E-state index contributed by atoms with van der Waals surface area (Å²) in [4.78, 5) is 28.3. The molecule has 0 bridgehead atoms. The lowest BCUT2D eigenvalue weighted by Crippen LogP contribution is -2.38. The minimum Gasteiger partial charge on any atom is -0.341 e. The number of carbonyl (C=O) groups excluding carboxylic acids is 2. The molecule has 0 spiro atoms. The summed E-state index contributed by atoms with van der Waals surface area (Å²) in [6, 6.07) is 12.7. The van der Waals surface area contributed by atoms with Crippen molar-refractivity contribution in [3.63, 3.8) is 0 Å². The van der Waals surface area contributed by atoms with Crippen molar-refractivity contribution in [3.05, 3.63) is 71.3 Å².